The molecule has 15 heteroatoms. The molecule has 1 aromatic carbocycles. The van der Waals surface area contributed by atoms with Crippen molar-refractivity contribution in [1.82, 2.24) is 0 Å². The molecule has 0 atom stereocenters. The summed E-state index contributed by atoms with van der Waals surface area (Å²) in [4.78, 5) is -2.29. The van der Waals surface area contributed by atoms with E-state index in [9.17, 15) is 52.0 Å². The van der Waals surface area contributed by atoms with Crippen LogP contribution in [0.15, 0.2) is 23.1 Å². The predicted octanol–water partition coefficient (Wildman–Crippen LogP) is 2.45. The van der Waals surface area contributed by atoms with Gasteiger partial charge in [-0.25, -0.2) is 17.2 Å². The van der Waals surface area contributed by atoms with Crippen molar-refractivity contribution in [3.05, 3.63) is 29.8 Å². The molecule has 0 spiro atoms. The zero-order chi connectivity index (χ0) is 19.4. The first kappa shape index (κ1) is 20.6. The highest BCUT2D eigenvalue weighted by Gasteiger charge is 2.82. The van der Waals surface area contributed by atoms with Gasteiger partial charge in [-0.15, -0.1) is 0 Å². The van der Waals surface area contributed by atoms with E-state index in [1.165, 1.54) is 0 Å². The fraction of sp³-hybridized carbons (Fsp3) is 0.333. The number of hydrogen-bond donors (Lipinski definition) is 1. The topological polar surface area (TPSA) is 88.5 Å². The van der Waals surface area contributed by atoms with E-state index in [0.29, 0.717) is 0 Å². The molecule has 0 unspecified atom stereocenters. The minimum atomic E-state index is -7.20. The largest absolute Gasteiger partial charge is 0.439 e. The lowest BCUT2D eigenvalue weighted by molar-refractivity contribution is -0.245. The van der Waals surface area contributed by atoms with Crippen LogP contribution in [-0.4, -0.2) is 37.8 Å². The highest BCUT2D eigenvalue weighted by Crippen LogP contribution is 2.52. The van der Waals surface area contributed by atoms with Gasteiger partial charge in [0.05, 0.1) is 0 Å². The van der Waals surface area contributed by atoms with Crippen molar-refractivity contribution in [2.45, 2.75) is 21.3 Å². The predicted molar refractivity (Wildman–Crippen MR) is 59.9 cm³/mol. The Morgan fingerprint density at radius 2 is 1.29 bits per heavy atom. The first-order chi connectivity index (χ1) is 10.4. The lowest BCUT2D eigenvalue weighted by Crippen LogP contribution is -2.60. The third-order valence-corrected chi connectivity index (χ3v) is 5.32. The number of rotatable bonds is 5. The van der Waals surface area contributed by atoms with Crippen molar-refractivity contribution in [3.63, 3.8) is 0 Å². The summed E-state index contributed by atoms with van der Waals surface area (Å²) in [5.41, 5.74) is 0. The lowest BCUT2D eigenvalue weighted by atomic mass is 10.3. The molecule has 0 aliphatic heterocycles. The van der Waals surface area contributed by atoms with Gasteiger partial charge in [0, 0.05) is 6.07 Å². The van der Waals surface area contributed by atoms with E-state index in [4.69, 9.17) is 4.55 Å². The minimum Gasteiger partial charge on any atom is -0.281 e. The van der Waals surface area contributed by atoms with E-state index in [0.717, 1.165) is 0 Å². The van der Waals surface area contributed by atoms with Crippen LogP contribution in [0.1, 0.15) is 0 Å². The molecular weight excluding hydrogens is 404 g/mol. The van der Waals surface area contributed by atoms with Crippen LogP contribution < -0.4 is 0 Å². The molecule has 24 heavy (non-hydrogen) atoms. The summed E-state index contributed by atoms with van der Waals surface area (Å²) < 4.78 is 156. The highest BCUT2D eigenvalue weighted by atomic mass is 32.2. The van der Waals surface area contributed by atoms with Crippen molar-refractivity contribution < 1.29 is 56.5 Å². The molecule has 0 bridgehead atoms. The van der Waals surface area contributed by atoms with E-state index in [-0.39, 0.29) is 18.2 Å². The van der Waals surface area contributed by atoms with Gasteiger partial charge in [0.25, 0.3) is 9.84 Å². The third kappa shape index (κ3) is 2.73. The zero-order valence-electron chi connectivity index (χ0n) is 10.7. The lowest BCUT2D eigenvalue weighted by Gasteiger charge is -2.30. The molecule has 1 aromatic rings. The van der Waals surface area contributed by atoms with Crippen LogP contribution in [0, 0.1) is 11.6 Å². The average Bonchev–Trinajstić information content (AvgIpc) is 2.35. The second-order valence-electron chi connectivity index (χ2n) is 4.16. The van der Waals surface area contributed by atoms with Gasteiger partial charge in [-0.3, -0.25) is 4.55 Å². The third-order valence-electron chi connectivity index (χ3n) is 2.58. The van der Waals surface area contributed by atoms with Gasteiger partial charge in [-0.2, -0.15) is 34.8 Å². The van der Waals surface area contributed by atoms with Crippen molar-refractivity contribution in [2.75, 3.05) is 0 Å². The quantitative estimate of drug-likeness (QED) is 0.460. The number of sulfone groups is 1. The maximum absolute atomic E-state index is 13.5. The maximum atomic E-state index is 13.5. The van der Waals surface area contributed by atoms with Gasteiger partial charge in [0.2, 0.25) is 0 Å². The number of benzene rings is 1. The summed E-state index contributed by atoms with van der Waals surface area (Å²) in [6.07, 6.45) is 0. The second-order valence-corrected chi connectivity index (χ2v) is 7.58. The van der Waals surface area contributed by atoms with E-state index >= 15 is 0 Å². The van der Waals surface area contributed by atoms with Crippen LogP contribution in [-0.2, 0) is 20.0 Å². The van der Waals surface area contributed by atoms with Crippen molar-refractivity contribution in [2.24, 2.45) is 0 Å². The Balaban J connectivity index is 3.68. The first-order valence-electron chi connectivity index (χ1n) is 5.21. The molecule has 138 valence electrons. The SMILES string of the molecule is O=S(=O)(O)C(F)(F)C(F)(F)C(F)(F)S(=O)(=O)c1ccc(F)cc1F. The number of alkyl halides is 6. The fourth-order valence-electron chi connectivity index (χ4n) is 1.33. The summed E-state index contributed by atoms with van der Waals surface area (Å²) in [6, 6.07) is -0.525. The Bertz CT molecular complexity index is 862. The molecule has 1 N–H and O–H groups in total. The van der Waals surface area contributed by atoms with Crippen LogP contribution in [0.5, 0.6) is 0 Å². The van der Waals surface area contributed by atoms with Crippen LogP contribution in [0.4, 0.5) is 35.1 Å². The summed E-state index contributed by atoms with van der Waals surface area (Å²) in [5, 5.41) is -13.8. The standard InChI is InChI=1S/C9H4F8O5S2/c10-4-1-2-6(5(11)3-4)23(18,19)8(14,15)7(12,13)9(16,17)24(20,21)22/h1-3H,(H,20,21,22). The fourth-order valence-corrected chi connectivity index (χ4v) is 3.15. The van der Waals surface area contributed by atoms with Gasteiger partial charge >= 0.3 is 26.5 Å². The Kier molecular flexibility index (Phi) is 4.73. The van der Waals surface area contributed by atoms with E-state index in [1.807, 2.05) is 0 Å². The van der Waals surface area contributed by atoms with E-state index in [1.54, 1.807) is 0 Å². The average molecular weight is 408 g/mol. The van der Waals surface area contributed by atoms with Gasteiger partial charge in [0.15, 0.2) is 0 Å². The monoisotopic (exact) mass is 408 g/mol. The normalized spacial score (nSPS) is 14.7. The van der Waals surface area contributed by atoms with Gasteiger partial charge in [-0.05, 0) is 12.1 Å². The molecule has 1 rings (SSSR count). The Labute approximate surface area is 128 Å². The molecule has 0 radical (unpaired) electrons. The molecule has 0 aromatic heterocycles. The Hall–Kier alpha value is -1.48. The molecule has 0 aliphatic rings. The van der Waals surface area contributed by atoms with Crippen LogP contribution in [0.2, 0.25) is 0 Å². The molecule has 5 nitrogen and oxygen atoms in total. The van der Waals surface area contributed by atoms with E-state index < -0.39 is 52.9 Å². The summed E-state index contributed by atoms with van der Waals surface area (Å²) in [6.45, 7) is 0. The molecule has 0 aliphatic carbocycles. The van der Waals surface area contributed by atoms with Crippen LogP contribution in [0.25, 0.3) is 0 Å². The van der Waals surface area contributed by atoms with E-state index in [2.05, 4.69) is 0 Å². The molecule has 0 saturated carbocycles. The van der Waals surface area contributed by atoms with Crippen molar-refractivity contribution in [3.8, 4) is 0 Å². The van der Waals surface area contributed by atoms with Gasteiger partial charge in [-0.1, -0.05) is 0 Å². The minimum absolute atomic E-state index is 0.0467. The summed E-state index contributed by atoms with van der Waals surface area (Å²) in [5.74, 6) is -11.0. The van der Waals surface area contributed by atoms with Crippen LogP contribution in [0.3, 0.4) is 0 Å². The zero-order valence-corrected chi connectivity index (χ0v) is 12.3. The molecule has 0 fully saturated rings. The number of halogens is 8. The van der Waals surface area contributed by atoms with Crippen molar-refractivity contribution in [1.29, 1.82) is 0 Å². The molecular formula is C9H4F8O5S2. The smallest absolute Gasteiger partial charge is 0.281 e. The maximum Gasteiger partial charge on any atom is 0.439 e. The molecule has 0 saturated heterocycles. The Morgan fingerprint density at radius 1 is 0.833 bits per heavy atom. The summed E-state index contributed by atoms with van der Waals surface area (Å²) >= 11 is 0. The summed E-state index contributed by atoms with van der Waals surface area (Å²) in [7, 11) is -14.2. The van der Waals surface area contributed by atoms with Gasteiger partial charge in [0.1, 0.15) is 16.5 Å². The second kappa shape index (κ2) is 5.52. The van der Waals surface area contributed by atoms with Crippen LogP contribution >= 0.6 is 0 Å². The first-order valence-corrected chi connectivity index (χ1v) is 8.13. The van der Waals surface area contributed by atoms with Crippen molar-refractivity contribution >= 4 is 20.0 Å². The highest BCUT2D eigenvalue weighted by molar-refractivity contribution is 7.92. The molecule has 0 amide bonds. The Morgan fingerprint density at radius 3 is 1.67 bits per heavy atom. The molecule has 0 heterocycles. The number of hydrogen-bond acceptors (Lipinski definition) is 4. The van der Waals surface area contributed by atoms with Gasteiger partial charge < -0.3 is 0 Å².